The van der Waals surface area contributed by atoms with Gasteiger partial charge in [0.25, 0.3) is 10.0 Å². The number of anilines is 1. The van der Waals surface area contributed by atoms with Crippen molar-refractivity contribution in [1.29, 1.82) is 0 Å². The van der Waals surface area contributed by atoms with Crippen molar-refractivity contribution in [2.75, 3.05) is 16.6 Å². The molecular formula is C21H17N3O4S3. The van der Waals surface area contributed by atoms with Crippen molar-refractivity contribution in [3.63, 3.8) is 0 Å². The third-order valence-corrected chi connectivity index (χ3v) is 9.67. The van der Waals surface area contributed by atoms with Crippen LogP contribution in [0.3, 0.4) is 0 Å². The molecule has 7 nitrogen and oxygen atoms in total. The summed E-state index contributed by atoms with van der Waals surface area (Å²) in [5, 5.41) is 0.848. The van der Waals surface area contributed by atoms with Crippen LogP contribution in [0.1, 0.15) is 5.01 Å². The molecule has 0 amide bonds. The Bertz CT molecular complexity index is 1530. The van der Waals surface area contributed by atoms with Crippen molar-refractivity contribution in [3.05, 3.63) is 65.9 Å². The van der Waals surface area contributed by atoms with Gasteiger partial charge in [-0.25, -0.2) is 21.8 Å². The maximum absolute atomic E-state index is 13.6. The summed E-state index contributed by atoms with van der Waals surface area (Å²) in [6.45, 7) is 1.72. The first-order chi connectivity index (χ1) is 14.8. The second-order valence-electron chi connectivity index (χ2n) is 7.18. The number of aromatic nitrogens is 2. The molecule has 0 spiro atoms. The van der Waals surface area contributed by atoms with Crippen LogP contribution in [0.25, 0.3) is 21.3 Å². The van der Waals surface area contributed by atoms with Crippen LogP contribution in [0.15, 0.2) is 70.7 Å². The number of sulfone groups is 1. The molecule has 0 saturated carbocycles. The van der Waals surface area contributed by atoms with E-state index in [0.717, 1.165) is 20.8 Å². The monoisotopic (exact) mass is 471 g/mol. The van der Waals surface area contributed by atoms with E-state index in [1.165, 1.54) is 27.8 Å². The Morgan fingerprint density at radius 2 is 1.77 bits per heavy atom. The zero-order valence-corrected chi connectivity index (χ0v) is 18.8. The summed E-state index contributed by atoms with van der Waals surface area (Å²) in [4.78, 5) is 8.51. The van der Waals surface area contributed by atoms with Crippen LogP contribution >= 0.6 is 11.3 Å². The number of sulfonamides is 1. The number of benzene rings is 2. The van der Waals surface area contributed by atoms with Crippen molar-refractivity contribution in [3.8, 4) is 11.1 Å². The molecular weight excluding hydrogens is 454 g/mol. The van der Waals surface area contributed by atoms with Gasteiger partial charge < -0.3 is 0 Å². The predicted molar refractivity (Wildman–Crippen MR) is 121 cm³/mol. The van der Waals surface area contributed by atoms with Gasteiger partial charge in [-0.3, -0.25) is 9.29 Å². The Balaban J connectivity index is 1.67. The highest BCUT2D eigenvalue weighted by Gasteiger charge is 2.36. The van der Waals surface area contributed by atoms with E-state index in [4.69, 9.17) is 0 Å². The third-order valence-electron chi connectivity index (χ3n) is 5.19. The standard InChI is InChI=1S/C21H17N3O4S3/c1-14-23-18-4-3-17(13-20(18)29-14)31(27,28)24-10-11-30(25,26)21-5-2-16(12-19(21)24)15-6-8-22-9-7-15/h2-9,12-13H,10-11H2,1H3. The molecule has 0 N–H and O–H groups in total. The van der Waals surface area contributed by atoms with E-state index in [2.05, 4.69) is 9.97 Å². The molecule has 5 rings (SSSR count). The van der Waals surface area contributed by atoms with Crippen molar-refractivity contribution in [2.45, 2.75) is 16.7 Å². The zero-order valence-electron chi connectivity index (χ0n) is 16.4. The Kier molecular flexibility index (Phi) is 4.61. The minimum atomic E-state index is -3.97. The van der Waals surface area contributed by atoms with E-state index in [9.17, 15) is 16.8 Å². The first kappa shape index (κ1) is 20.1. The molecule has 3 heterocycles. The van der Waals surface area contributed by atoms with Gasteiger partial charge in [-0.05, 0) is 60.5 Å². The van der Waals surface area contributed by atoms with Crippen LogP contribution < -0.4 is 4.31 Å². The average molecular weight is 472 g/mol. The third kappa shape index (κ3) is 3.40. The lowest BCUT2D eigenvalue weighted by Crippen LogP contribution is -2.39. The van der Waals surface area contributed by atoms with E-state index in [-0.39, 0.29) is 27.8 Å². The van der Waals surface area contributed by atoms with E-state index in [1.54, 1.807) is 48.8 Å². The number of rotatable bonds is 3. The highest BCUT2D eigenvalue weighted by molar-refractivity contribution is 7.94. The molecule has 0 saturated heterocycles. The molecule has 0 fully saturated rings. The number of thiazole rings is 1. The molecule has 1 aliphatic rings. The lowest BCUT2D eigenvalue weighted by atomic mass is 10.1. The molecule has 0 radical (unpaired) electrons. The lowest BCUT2D eigenvalue weighted by Gasteiger charge is -2.30. The molecule has 10 heteroatoms. The molecule has 31 heavy (non-hydrogen) atoms. The minimum absolute atomic E-state index is 0.0230. The summed E-state index contributed by atoms with van der Waals surface area (Å²) >= 11 is 1.42. The zero-order chi connectivity index (χ0) is 21.8. The lowest BCUT2D eigenvalue weighted by molar-refractivity contribution is 0.584. The maximum Gasteiger partial charge on any atom is 0.264 e. The Morgan fingerprint density at radius 1 is 1.00 bits per heavy atom. The number of pyridine rings is 1. The SMILES string of the molecule is Cc1nc2ccc(S(=O)(=O)N3CCS(=O)(=O)c4ccc(-c5ccncc5)cc43)cc2s1. The molecule has 0 unspecified atom stereocenters. The van der Waals surface area contributed by atoms with Crippen LogP contribution in [0.5, 0.6) is 0 Å². The molecule has 0 bridgehead atoms. The fourth-order valence-electron chi connectivity index (χ4n) is 3.69. The number of hydrogen-bond donors (Lipinski definition) is 0. The van der Waals surface area contributed by atoms with Gasteiger partial charge in [-0.15, -0.1) is 11.3 Å². The van der Waals surface area contributed by atoms with Gasteiger partial charge in [0.15, 0.2) is 9.84 Å². The molecule has 2 aromatic heterocycles. The predicted octanol–water partition coefficient (Wildman–Crippen LogP) is 3.65. The Hall–Kier alpha value is -2.82. The first-order valence-corrected chi connectivity index (χ1v) is 13.3. The van der Waals surface area contributed by atoms with Gasteiger partial charge in [0.1, 0.15) is 0 Å². The molecule has 0 aliphatic carbocycles. The van der Waals surface area contributed by atoms with Gasteiger partial charge in [0.2, 0.25) is 0 Å². The summed E-state index contributed by atoms with van der Waals surface area (Å²) in [6, 6.07) is 13.2. The quantitative estimate of drug-likeness (QED) is 0.452. The number of hydrogen-bond acceptors (Lipinski definition) is 7. The summed E-state index contributed by atoms with van der Waals surface area (Å²) in [5.74, 6) is -0.268. The highest BCUT2D eigenvalue weighted by Crippen LogP contribution is 2.38. The van der Waals surface area contributed by atoms with Crippen molar-refractivity contribution in [2.24, 2.45) is 0 Å². The van der Waals surface area contributed by atoms with Crippen LogP contribution in [-0.4, -0.2) is 39.1 Å². The molecule has 1 aliphatic heterocycles. The summed E-state index contributed by atoms with van der Waals surface area (Å²) in [7, 11) is -7.55. The van der Waals surface area contributed by atoms with Crippen LogP contribution in [-0.2, 0) is 19.9 Å². The maximum atomic E-state index is 13.6. The van der Waals surface area contributed by atoms with E-state index in [1.807, 2.05) is 6.92 Å². The number of nitrogens with zero attached hydrogens (tertiary/aromatic N) is 3. The van der Waals surface area contributed by atoms with E-state index >= 15 is 0 Å². The van der Waals surface area contributed by atoms with Gasteiger partial charge in [0, 0.05) is 18.9 Å². The van der Waals surface area contributed by atoms with E-state index < -0.39 is 19.9 Å². The number of aryl methyl sites for hydroxylation is 1. The van der Waals surface area contributed by atoms with Crippen LogP contribution in [0, 0.1) is 6.92 Å². The topological polar surface area (TPSA) is 97.3 Å². The highest BCUT2D eigenvalue weighted by atomic mass is 32.2. The van der Waals surface area contributed by atoms with Crippen LogP contribution in [0.2, 0.25) is 0 Å². The van der Waals surface area contributed by atoms with E-state index in [0.29, 0.717) is 5.56 Å². The van der Waals surface area contributed by atoms with Crippen molar-refractivity contribution >= 4 is 47.1 Å². The normalized spacial score (nSPS) is 15.7. The van der Waals surface area contributed by atoms with Gasteiger partial charge >= 0.3 is 0 Å². The molecule has 4 aromatic rings. The van der Waals surface area contributed by atoms with Crippen molar-refractivity contribution < 1.29 is 16.8 Å². The van der Waals surface area contributed by atoms with Gasteiger partial charge in [-0.2, -0.15) is 0 Å². The van der Waals surface area contributed by atoms with Crippen molar-refractivity contribution in [1.82, 2.24) is 9.97 Å². The Morgan fingerprint density at radius 3 is 2.55 bits per heavy atom. The first-order valence-electron chi connectivity index (χ1n) is 9.43. The second kappa shape index (κ2) is 7.11. The second-order valence-corrected chi connectivity index (χ2v) is 12.4. The summed E-state index contributed by atoms with van der Waals surface area (Å²) < 4.78 is 54.4. The smallest absolute Gasteiger partial charge is 0.264 e. The fraction of sp³-hybridized carbons (Fsp3) is 0.143. The minimum Gasteiger partial charge on any atom is -0.265 e. The Labute approximate surface area is 184 Å². The molecule has 158 valence electrons. The number of fused-ring (bicyclic) bond motifs is 2. The van der Waals surface area contributed by atoms with Gasteiger partial charge in [-0.1, -0.05) is 6.07 Å². The largest absolute Gasteiger partial charge is 0.265 e. The summed E-state index contributed by atoms with van der Waals surface area (Å²) in [6.07, 6.45) is 3.26. The fourth-order valence-corrected chi connectivity index (χ4v) is 7.71. The molecule has 2 aromatic carbocycles. The average Bonchev–Trinajstić information content (AvgIpc) is 3.13. The van der Waals surface area contributed by atoms with Crippen LogP contribution in [0.4, 0.5) is 5.69 Å². The molecule has 0 atom stereocenters. The van der Waals surface area contributed by atoms with Gasteiger partial charge in [0.05, 0.1) is 36.5 Å². The summed E-state index contributed by atoms with van der Waals surface area (Å²) in [5.41, 5.74) is 2.44.